The molecule has 0 saturated carbocycles. The SMILES string of the molecule is COC(=O)[C@H](C)NP(=O)(OC[C@H]1O[C@@](O)(c2ccc3c(=O)[nH]c(N)nn23)[C@](C)(O)[C@@H]1O)Oc1ccccc1. The first-order valence-corrected chi connectivity index (χ1v) is 12.9. The first-order chi connectivity index (χ1) is 17.8. The number of aliphatic hydroxyl groups excluding tert-OH is 1. The minimum absolute atomic E-state index is 0.0158. The van der Waals surface area contributed by atoms with Crippen LogP contribution >= 0.6 is 7.75 Å². The molecule has 1 aliphatic heterocycles. The smallest absolute Gasteiger partial charge is 0.459 e. The number of nitrogens with two attached hydrogens (primary N) is 1. The fraction of sp³-hybridized carbons (Fsp3) is 0.409. The molecule has 3 aromatic rings. The molecule has 38 heavy (non-hydrogen) atoms. The predicted octanol–water partition coefficient (Wildman–Crippen LogP) is -0.385. The molecule has 1 unspecified atom stereocenters. The van der Waals surface area contributed by atoms with Crippen LogP contribution in [0, 0.1) is 0 Å². The van der Waals surface area contributed by atoms with Gasteiger partial charge in [-0.2, -0.15) is 5.09 Å². The molecule has 4 rings (SSSR count). The van der Waals surface area contributed by atoms with Gasteiger partial charge in [0.05, 0.1) is 13.7 Å². The van der Waals surface area contributed by atoms with Gasteiger partial charge in [-0.05, 0) is 38.1 Å². The van der Waals surface area contributed by atoms with Crippen LogP contribution in [0.25, 0.3) is 5.52 Å². The van der Waals surface area contributed by atoms with Gasteiger partial charge < -0.3 is 35.1 Å². The van der Waals surface area contributed by atoms with E-state index in [0.717, 1.165) is 18.5 Å². The number of nitrogens with zero attached hydrogens (tertiary/aromatic N) is 2. The van der Waals surface area contributed by atoms with E-state index in [1.165, 1.54) is 31.2 Å². The molecule has 3 heterocycles. The molecule has 206 valence electrons. The Hall–Kier alpha value is -3.30. The highest BCUT2D eigenvalue weighted by molar-refractivity contribution is 7.52. The van der Waals surface area contributed by atoms with Crippen LogP contribution in [0.15, 0.2) is 47.3 Å². The van der Waals surface area contributed by atoms with E-state index in [2.05, 4.69) is 19.9 Å². The van der Waals surface area contributed by atoms with Crippen LogP contribution < -0.4 is 20.9 Å². The number of anilines is 1. The summed E-state index contributed by atoms with van der Waals surface area (Å²) in [4.78, 5) is 26.4. The highest BCUT2D eigenvalue weighted by Crippen LogP contribution is 2.49. The Kier molecular flexibility index (Phi) is 7.38. The summed E-state index contributed by atoms with van der Waals surface area (Å²) in [6, 6.07) is 9.42. The van der Waals surface area contributed by atoms with Crippen molar-refractivity contribution in [2.75, 3.05) is 19.5 Å². The summed E-state index contributed by atoms with van der Waals surface area (Å²) in [6.07, 6.45) is -3.26. The molecule has 2 aromatic heterocycles. The van der Waals surface area contributed by atoms with E-state index in [-0.39, 0.29) is 22.9 Å². The number of aromatic nitrogens is 3. The number of carbonyl (C=O) groups is 1. The maximum Gasteiger partial charge on any atom is 0.459 e. The lowest BCUT2D eigenvalue weighted by molar-refractivity contribution is -0.275. The van der Waals surface area contributed by atoms with Crippen molar-refractivity contribution in [2.45, 2.75) is 43.5 Å². The minimum Gasteiger partial charge on any atom is -0.468 e. The van der Waals surface area contributed by atoms with Gasteiger partial charge in [0, 0.05) is 0 Å². The number of H-pyrrole nitrogens is 1. The highest BCUT2D eigenvalue weighted by Gasteiger charge is 2.64. The average Bonchev–Trinajstić information content (AvgIpc) is 3.36. The fourth-order valence-corrected chi connectivity index (χ4v) is 5.54. The number of aliphatic hydroxyl groups is 3. The topological polar surface area (TPSA) is 220 Å². The number of rotatable bonds is 9. The van der Waals surface area contributed by atoms with Crippen molar-refractivity contribution < 1.29 is 43.2 Å². The number of aromatic amines is 1. The van der Waals surface area contributed by atoms with Crippen LogP contribution in [0.3, 0.4) is 0 Å². The van der Waals surface area contributed by atoms with Crippen molar-refractivity contribution >= 4 is 25.2 Å². The van der Waals surface area contributed by atoms with Crippen LogP contribution in [0.2, 0.25) is 0 Å². The van der Waals surface area contributed by atoms with Crippen LogP contribution in [0.1, 0.15) is 19.5 Å². The quantitative estimate of drug-likeness (QED) is 0.147. The second-order valence-corrected chi connectivity index (χ2v) is 10.5. The molecule has 1 fully saturated rings. The Bertz CT molecular complexity index is 1430. The second kappa shape index (κ2) is 10.1. The molecule has 0 radical (unpaired) electrons. The normalized spacial score (nSPS) is 27.6. The summed E-state index contributed by atoms with van der Waals surface area (Å²) in [5.74, 6) is -3.49. The van der Waals surface area contributed by atoms with E-state index in [1.807, 2.05) is 0 Å². The summed E-state index contributed by atoms with van der Waals surface area (Å²) in [6.45, 7) is 1.80. The molecule has 6 atom stereocenters. The van der Waals surface area contributed by atoms with Crippen molar-refractivity contribution in [2.24, 2.45) is 0 Å². The molecule has 7 N–H and O–H groups in total. The van der Waals surface area contributed by atoms with Gasteiger partial charge in [0.2, 0.25) is 11.7 Å². The van der Waals surface area contributed by atoms with E-state index in [9.17, 15) is 29.5 Å². The summed E-state index contributed by atoms with van der Waals surface area (Å²) < 4.78 is 35.9. The zero-order chi connectivity index (χ0) is 27.9. The standard InChI is InChI=1S/C22H28N5O10P/c1-12(19(30)34-3)26-38(33,37-13-7-5-4-6-8-13)35-11-15-17(28)21(2,31)22(32,36-15)16-10-9-14-18(29)24-20(23)25-27(14)16/h4-10,12,15,17,28,31-32H,11H2,1-3H3,(H,26,33)(H3,23,24,25,29)/t12-,15+,17+,21+,22-,38?/m0/s1. The molecule has 0 amide bonds. The number of fused-ring (bicyclic) bond motifs is 1. The number of esters is 1. The maximum atomic E-state index is 13.6. The first-order valence-electron chi connectivity index (χ1n) is 11.3. The van der Waals surface area contributed by atoms with Crippen molar-refractivity contribution in [1.29, 1.82) is 0 Å². The molecule has 16 heteroatoms. The van der Waals surface area contributed by atoms with Crippen molar-refractivity contribution in [1.82, 2.24) is 19.7 Å². The number of benzene rings is 1. The third-order valence-electron chi connectivity index (χ3n) is 6.10. The van der Waals surface area contributed by atoms with Gasteiger partial charge in [-0.3, -0.25) is 19.1 Å². The lowest BCUT2D eigenvalue weighted by Crippen LogP contribution is -2.53. The molecule has 0 spiro atoms. The zero-order valence-electron chi connectivity index (χ0n) is 20.6. The van der Waals surface area contributed by atoms with Gasteiger partial charge in [0.15, 0.2) is 0 Å². The Morgan fingerprint density at radius 2 is 2.00 bits per heavy atom. The van der Waals surface area contributed by atoms with Crippen molar-refractivity contribution in [3.05, 3.63) is 58.5 Å². The lowest BCUT2D eigenvalue weighted by Gasteiger charge is -2.33. The Morgan fingerprint density at radius 1 is 1.32 bits per heavy atom. The lowest BCUT2D eigenvalue weighted by atomic mass is 9.88. The molecule has 0 aliphatic carbocycles. The largest absolute Gasteiger partial charge is 0.468 e. The molecule has 15 nitrogen and oxygen atoms in total. The summed E-state index contributed by atoms with van der Waals surface area (Å²) in [5, 5.41) is 39.8. The first kappa shape index (κ1) is 27.7. The molecular weight excluding hydrogens is 525 g/mol. The number of hydrogen-bond donors (Lipinski definition) is 6. The molecule has 1 saturated heterocycles. The van der Waals surface area contributed by atoms with Gasteiger partial charge in [-0.1, -0.05) is 18.2 Å². The number of para-hydroxylation sites is 1. The number of nitrogens with one attached hydrogen (secondary N) is 2. The van der Waals surface area contributed by atoms with Gasteiger partial charge in [0.1, 0.15) is 40.8 Å². The van der Waals surface area contributed by atoms with E-state index in [1.54, 1.807) is 18.2 Å². The molecule has 1 aromatic carbocycles. The highest BCUT2D eigenvalue weighted by atomic mass is 31.2. The van der Waals surface area contributed by atoms with Crippen LogP contribution in [0.5, 0.6) is 5.75 Å². The molecule has 1 aliphatic rings. The average molecular weight is 553 g/mol. The Labute approximate surface area is 215 Å². The van der Waals surface area contributed by atoms with Gasteiger partial charge in [0.25, 0.3) is 5.56 Å². The molecule has 0 bridgehead atoms. The number of ether oxygens (including phenoxy) is 2. The van der Waals surface area contributed by atoms with E-state index in [4.69, 9.17) is 19.5 Å². The van der Waals surface area contributed by atoms with Crippen LogP contribution in [-0.2, 0) is 29.1 Å². The third kappa shape index (κ3) is 4.92. The summed E-state index contributed by atoms with van der Waals surface area (Å²) >= 11 is 0. The van der Waals surface area contributed by atoms with E-state index in [0.29, 0.717) is 0 Å². The number of nitrogen functional groups attached to an aromatic ring is 1. The Balaban J connectivity index is 1.62. The van der Waals surface area contributed by atoms with Crippen LogP contribution in [0.4, 0.5) is 5.95 Å². The Morgan fingerprint density at radius 3 is 2.66 bits per heavy atom. The predicted molar refractivity (Wildman–Crippen MR) is 131 cm³/mol. The third-order valence-corrected chi connectivity index (χ3v) is 7.75. The second-order valence-electron chi connectivity index (χ2n) is 8.82. The summed E-state index contributed by atoms with van der Waals surface area (Å²) in [7, 11) is -3.17. The van der Waals surface area contributed by atoms with Gasteiger partial charge in [-0.15, -0.1) is 5.10 Å². The van der Waals surface area contributed by atoms with Crippen molar-refractivity contribution in [3.8, 4) is 5.75 Å². The van der Waals surface area contributed by atoms with E-state index >= 15 is 0 Å². The van der Waals surface area contributed by atoms with Gasteiger partial charge >= 0.3 is 13.7 Å². The van der Waals surface area contributed by atoms with Crippen LogP contribution in [-0.4, -0.2) is 73.5 Å². The fourth-order valence-electron chi connectivity index (χ4n) is 4.04. The van der Waals surface area contributed by atoms with Gasteiger partial charge in [-0.25, -0.2) is 9.08 Å². The van der Waals surface area contributed by atoms with E-state index < -0.39 is 55.5 Å². The zero-order valence-corrected chi connectivity index (χ0v) is 21.5. The maximum absolute atomic E-state index is 13.6. The monoisotopic (exact) mass is 553 g/mol. The summed E-state index contributed by atoms with van der Waals surface area (Å²) in [5.41, 5.74) is 2.41. The number of carbonyl (C=O) groups excluding carboxylic acids is 1. The van der Waals surface area contributed by atoms with Crippen molar-refractivity contribution in [3.63, 3.8) is 0 Å². The number of hydrogen-bond acceptors (Lipinski definition) is 12. The minimum atomic E-state index is -4.32. The molecular formula is C22H28N5O10P. The number of methoxy groups -OCH3 is 1.